The molecule has 1 nitrogen and oxygen atoms in total. The molecule has 0 rings (SSSR count). The highest BCUT2D eigenvalue weighted by Crippen LogP contribution is 2.09. The summed E-state index contributed by atoms with van der Waals surface area (Å²) in [5.41, 5.74) is 0. The number of unbranched alkanes of at least 4 members (excludes halogenated alkanes) is 8. The van der Waals surface area contributed by atoms with Crippen molar-refractivity contribution < 1.29 is 9.13 Å². The minimum Gasteiger partial charge on any atom is -0.379 e. The maximum absolute atomic E-state index is 11.6. The Kier molecular flexibility index (Phi) is 13.8. The minimum atomic E-state index is -0.350. The fourth-order valence-corrected chi connectivity index (χ4v) is 1.67. The van der Waals surface area contributed by atoms with Gasteiger partial charge in [-0.05, 0) is 6.42 Å². The van der Waals surface area contributed by atoms with Crippen molar-refractivity contribution in [2.75, 3.05) is 19.9 Å². The van der Waals surface area contributed by atoms with Gasteiger partial charge in [0.1, 0.15) is 6.67 Å². The highest BCUT2D eigenvalue weighted by Gasteiger charge is 1.92. The lowest BCUT2D eigenvalue weighted by molar-refractivity contribution is 0.115. The molecule has 92 valence electrons. The van der Waals surface area contributed by atoms with Gasteiger partial charge in [-0.1, -0.05) is 58.3 Å². The van der Waals surface area contributed by atoms with Gasteiger partial charge in [0.05, 0.1) is 6.61 Å². The van der Waals surface area contributed by atoms with E-state index in [9.17, 15) is 4.39 Å². The van der Waals surface area contributed by atoms with Gasteiger partial charge in [-0.2, -0.15) is 0 Å². The van der Waals surface area contributed by atoms with Crippen LogP contribution in [0.15, 0.2) is 0 Å². The first-order valence-corrected chi connectivity index (χ1v) is 6.55. The monoisotopic (exact) mass is 218 g/mol. The first-order valence-electron chi connectivity index (χ1n) is 6.55. The zero-order valence-corrected chi connectivity index (χ0v) is 10.3. The zero-order valence-electron chi connectivity index (χ0n) is 10.3. The predicted octanol–water partition coefficient (Wildman–Crippen LogP) is 4.50. The van der Waals surface area contributed by atoms with Crippen LogP contribution < -0.4 is 0 Å². The summed E-state index contributed by atoms with van der Waals surface area (Å²) < 4.78 is 16.7. The summed E-state index contributed by atoms with van der Waals surface area (Å²) in [5, 5.41) is 0. The van der Waals surface area contributed by atoms with Gasteiger partial charge in [-0.25, -0.2) is 4.39 Å². The first-order chi connectivity index (χ1) is 7.41. The van der Waals surface area contributed by atoms with Gasteiger partial charge in [0, 0.05) is 6.61 Å². The molecule has 0 saturated heterocycles. The predicted molar refractivity (Wildman–Crippen MR) is 64.0 cm³/mol. The third kappa shape index (κ3) is 13.9. The molecule has 0 aliphatic heterocycles. The van der Waals surface area contributed by atoms with Crippen molar-refractivity contribution in [3.8, 4) is 0 Å². The van der Waals surface area contributed by atoms with Crippen molar-refractivity contribution in [1.29, 1.82) is 0 Å². The number of alkyl halides is 1. The van der Waals surface area contributed by atoms with E-state index in [0.29, 0.717) is 0 Å². The van der Waals surface area contributed by atoms with Gasteiger partial charge in [-0.15, -0.1) is 0 Å². The second-order valence-electron chi connectivity index (χ2n) is 4.13. The second kappa shape index (κ2) is 13.9. The summed E-state index contributed by atoms with van der Waals surface area (Å²) in [6.45, 7) is 2.91. The third-order valence-electron chi connectivity index (χ3n) is 2.61. The molecular weight excluding hydrogens is 191 g/mol. The molecule has 0 aliphatic carbocycles. The molecule has 0 unspecified atom stereocenters. The Morgan fingerprint density at radius 1 is 0.733 bits per heavy atom. The molecule has 0 aromatic heterocycles. The van der Waals surface area contributed by atoms with Gasteiger partial charge in [0.2, 0.25) is 0 Å². The van der Waals surface area contributed by atoms with Crippen LogP contribution in [0, 0.1) is 0 Å². The van der Waals surface area contributed by atoms with Crippen molar-refractivity contribution >= 4 is 0 Å². The van der Waals surface area contributed by atoms with Gasteiger partial charge in [0.25, 0.3) is 0 Å². The lowest BCUT2D eigenvalue weighted by atomic mass is 10.1. The number of ether oxygens (including phenoxy) is 1. The van der Waals surface area contributed by atoms with Crippen molar-refractivity contribution in [3.63, 3.8) is 0 Å². The van der Waals surface area contributed by atoms with E-state index < -0.39 is 0 Å². The highest BCUT2D eigenvalue weighted by molar-refractivity contribution is 4.46. The lowest BCUT2D eigenvalue weighted by Gasteiger charge is -2.02. The zero-order chi connectivity index (χ0) is 11.2. The maximum atomic E-state index is 11.6. The van der Waals surface area contributed by atoms with Crippen LogP contribution in [-0.4, -0.2) is 19.9 Å². The second-order valence-corrected chi connectivity index (χ2v) is 4.13. The Labute approximate surface area is 94.4 Å². The summed E-state index contributed by atoms with van der Waals surface area (Å²) in [4.78, 5) is 0. The van der Waals surface area contributed by atoms with E-state index in [1.807, 2.05) is 0 Å². The van der Waals surface area contributed by atoms with Crippen LogP contribution in [0.2, 0.25) is 0 Å². The Hall–Kier alpha value is -0.110. The lowest BCUT2D eigenvalue weighted by Crippen LogP contribution is -1.97. The normalized spacial score (nSPS) is 10.8. The Bertz CT molecular complexity index is 94.7. The fourth-order valence-electron chi connectivity index (χ4n) is 1.67. The summed E-state index contributed by atoms with van der Waals surface area (Å²) >= 11 is 0. The number of rotatable bonds is 12. The summed E-state index contributed by atoms with van der Waals surface area (Å²) in [7, 11) is 0. The molecule has 0 spiro atoms. The first kappa shape index (κ1) is 14.9. The van der Waals surface area contributed by atoms with E-state index in [4.69, 9.17) is 4.74 Å². The van der Waals surface area contributed by atoms with Crippen LogP contribution in [0.3, 0.4) is 0 Å². The molecule has 0 aliphatic rings. The van der Waals surface area contributed by atoms with Crippen LogP contribution in [0.1, 0.15) is 64.7 Å². The molecule has 15 heavy (non-hydrogen) atoms. The van der Waals surface area contributed by atoms with E-state index in [1.165, 1.54) is 51.4 Å². The topological polar surface area (TPSA) is 9.23 Å². The van der Waals surface area contributed by atoms with E-state index in [0.717, 1.165) is 13.0 Å². The van der Waals surface area contributed by atoms with Crippen LogP contribution in [0.25, 0.3) is 0 Å². The molecule has 0 fully saturated rings. The summed E-state index contributed by atoms with van der Waals surface area (Å²) in [6.07, 6.45) is 11.9. The molecule has 0 atom stereocenters. The molecule has 0 aromatic rings. The summed E-state index contributed by atoms with van der Waals surface area (Å²) in [6, 6.07) is 0. The molecule has 0 N–H and O–H groups in total. The fraction of sp³-hybridized carbons (Fsp3) is 1.00. The molecule has 0 saturated carbocycles. The van der Waals surface area contributed by atoms with Crippen LogP contribution in [0.5, 0.6) is 0 Å². The largest absolute Gasteiger partial charge is 0.379 e. The van der Waals surface area contributed by atoms with Gasteiger partial charge in [-0.3, -0.25) is 0 Å². The molecule has 0 radical (unpaired) electrons. The number of halogens is 1. The smallest absolute Gasteiger partial charge is 0.113 e. The average molecular weight is 218 g/mol. The van der Waals surface area contributed by atoms with Crippen molar-refractivity contribution in [2.45, 2.75) is 64.7 Å². The highest BCUT2D eigenvalue weighted by atomic mass is 19.1. The Balaban J connectivity index is 2.81. The van der Waals surface area contributed by atoms with E-state index in [1.54, 1.807) is 0 Å². The molecular formula is C13H27FO. The average Bonchev–Trinajstić information content (AvgIpc) is 2.26. The number of hydrogen-bond acceptors (Lipinski definition) is 1. The van der Waals surface area contributed by atoms with Crippen molar-refractivity contribution in [2.24, 2.45) is 0 Å². The van der Waals surface area contributed by atoms with Gasteiger partial charge < -0.3 is 4.74 Å². The molecule has 0 heterocycles. The van der Waals surface area contributed by atoms with E-state index in [2.05, 4.69) is 6.92 Å². The Morgan fingerprint density at radius 2 is 1.27 bits per heavy atom. The SMILES string of the molecule is CCCCCCCCCCCOCCF. The van der Waals surface area contributed by atoms with E-state index in [-0.39, 0.29) is 13.3 Å². The van der Waals surface area contributed by atoms with E-state index >= 15 is 0 Å². The summed E-state index contributed by atoms with van der Waals surface area (Å²) in [5.74, 6) is 0. The van der Waals surface area contributed by atoms with Gasteiger partial charge >= 0.3 is 0 Å². The Morgan fingerprint density at radius 3 is 1.80 bits per heavy atom. The maximum Gasteiger partial charge on any atom is 0.113 e. The van der Waals surface area contributed by atoms with Crippen LogP contribution in [-0.2, 0) is 4.74 Å². The van der Waals surface area contributed by atoms with Crippen LogP contribution in [0.4, 0.5) is 4.39 Å². The van der Waals surface area contributed by atoms with Crippen molar-refractivity contribution in [3.05, 3.63) is 0 Å². The molecule has 0 amide bonds. The molecule has 0 bridgehead atoms. The quantitative estimate of drug-likeness (QED) is 0.438. The minimum absolute atomic E-state index is 0.275. The third-order valence-corrected chi connectivity index (χ3v) is 2.61. The number of hydrogen-bond donors (Lipinski definition) is 0. The van der Waals surface area contributed by atoms with Gasteiger partial charge in [0.15, 0.2) is 0 Å². The van der Waals surface area contributed by atoms with Crippen LogP contribution >= 0.6 is 0 Å². The van der Waals surface area contributed by atoms with Crippen molar-refractivity contribution in [1.82, 2.24) is 0 Å². The molecule has 2 heteroatoms. The standard InChI is InChI=1S/C13H27FO/c1-2-3-4-5-6-7-8-9-10-12-15-13-11-14/h2-13H2,1H3. The molecule has 0 aromatic carbocycles.